The standard InChI is InChI=1S/C11H13N5S/c12-8-4-5-9-17-11-13-14-15-16(11)10-6-2-1-3-7-10/h1-7H,8-9,12H2. The molecule has 0 saturated heterocycles. The van der Waals surface area contributed by atoms with E-state index in [-0.39, 0.29) is 0 Å². The number of benzene rings is 1. The Labute approximate surface area is 104 Å². The van der Waals surface area contributed by atoms with Gasteiger partial charge in [-0.1, -0.05) is 42.1 Å². The minimum Gasteiger partial charge on any atom is -0.327 e. The average Bonchev–Trinajstić information content (AvgIpc) is 2.84. The van der Waals surface area contributed by atoms with Gasteiger partial charge < -0.3 is 5.73 Å². The van der Waals surface area contributed by atoms with Crippen molar-refractivity contribution >= 4 is 11.8 Å². The van der Waals surface area contributed by atoms with Gasteiger partial charge in [-0.25, -0.2) is 0 Å². The van der Waals surface area contributed by atoms with E-state index < -0.39 is 0 Å². The van der Waals surface area contributed by atoms with E-state index in [1.165, 1.54) is 0 Å². The summed E-state index contributed by atoms with van der Waals surface area (Å²) < 4.78 is 1.72. The summed E-state index contributed by atoms with van der Waals surface area (Å²) in [6.07, 6.45) is 3.93. The number of para-hydroxylation sites is 1. The Bertz CT molecular complexity index is 480. The number of tetrazole rings is 1. The highest BCUT2D eigenvalue weighted by Gasteiger charge is 2.06. The van der Waals surface area contributed by atoms with E-state index in [0.717, 1.165) is 16.6 Å². The van der Waals surface area contributed by atoms with Gasteiger partial charge in [-0.2, -0.15) is 4.68 Å². The van der Waals surface area contributed by atoms with Crippen LogP contribution in [0.1, 0.15) is 0 Å². The van der Waals surface area contributed by atoms with E-state index in [1.807, 2.05) is 42.5 Å². The SMILES string of the molecule is NCC=CCSc1nnnn1-c1ccccc1. The van der Waals surface area contributed by atoms with Crippen molar-refractivity contribution in [3.05, 3.63) is 42.5 Å². The van der Waals surface area contributed by atoms with Crippen LogP contribution in [-0.4, -0.2) is 32.5 Å². The number of hydrogen-bond donors (Lipinski definition) is 1. The van der Waals surface area contributed by atoms with Crippen LogP contribution in [-0.2, 0) is 0 Å². The smallest absolute Gasteiger partial charge is 0.214 e. The minimum absolute atomic E-state index is 0.560. The van der Waals surface area contributed by atoms with E-state index in [2.05, 4.69) is 15.5 Å². The van der Waals surface area contributed by atoms with Crippen LogP contribution >= 0.6 is 11.8 Å². The minimum atomic E-state index is 0.560. The largest absolute Gasteiger partial charge is 0.327 e. The van der Waals surface area contributed by atoms with Crippen molar-refractivity contribution in [1.82, 2.24) is 20.2 Å². The number of aromatic nitrogens is 4. The monoisotopic (exact) mass is 247 g/mol. The fourth-order valence-corrected chi connectivity index (χ4v) is 2.03. The van der Waals surface area contributed by atoms with Gasteiger partial charge in [0.05, 0.1) is 5.69 Å². The van der Waals surface area contributed by atoms with Crippen LogP contribution < -0.4 is 5.73 Å². The zero-order valence-corrected chi connectivity index (χ0v) is 10.0. The molecule has 0 amide bonds. The number of hydrogen-bond acceptors (Lipinski definition) is 5. The van der Waals surface area contributed by atoms with Crippen LogP contribution in [0.5, 0.6) is 0 Å². The molecular weight excluding hydrogens is 234 g/mol. The van der Waals surface area contributed by atoms with Crippen molar-refractivity contribution in [2.45, 2.75) is 5.16 Å². The van der Waals surface area contributed by atoms with E-state index in [9.17, 15) is 0 Å². The molecule has 0 radical (unpaired) electrons. The number of thioether (sulfide) groups is 1. The van der Waals surface area contributed by atoms with Gasteiger partial charge in [0.15, 0.2) is 0 Å². The van der Waals surface area contributed by atoms with Crippen LogP contribution in [0, 0.1) is 0 Å². The lowest BCUT2D eigenvalue weighted by atomic mass is 10.3. The lowest BCUT2D eigenvalue weighted by Crippen LogP contribution is -1.98. The van der Waals surface area contributed by atoms with Crippen LogP contribution in [0.3, 0.4) is 0 Å². The zero-order chi connectivity index (χ0) is 11.9. The lowest BCUT2D eigenvalue weighted by molar-refractivity contribution is 0.757. The fourth-order valence-electron chi connectivity index (χ4n) is 1.29. The third kappa shape index (κ3) is 3.15. The molecule has 88 valence electrons. The first-order valence-corrected chi connectivity index (χ1v) is 6.22. The predicted molar refractivity (Wildman–Crippen MR) is 68.1 cm³/mol. The number of nitrogens with zero attached hydrogens (tertiary/aromatic N) is 4. The van der Waals surface area contributed by atoms with Crippen LogP contribution in [0.2, 0.25) is 0 Å². The second-order valence-electron chi connectivity index (χ2n) is 3.23. The first kappa shape index (κ1) is 11.8. The van der Waals surface area contributed by atoms with Gasteiger partial charge in [-0.15, -0.1) is 5.10 Å². The Kier molecular flexibility index (Phi) is 4.29. The van der Waals surface area contributed by atoms with Gasteiger partial charge >= 0.3 is 0 Å². The Morgan fingerprint density at radius 3 is 2.82 bits per heavy atom. The summed E-state index contributed by atoms with van der Waals surface area (Å²) >= 11 is 1.57. The van der Waals surface area contributed by atoms with Crippen molar-refractivity contribution in [3.63, 3.8) is 0 Å². The molecular formula is C11H13N5S. The highest BCUT2D eigenvalue weighted by molar-refractivity contribution is 7.99. The van der Waals surface area contributed by atoms with Crippen LogP contribution in [0.25, 0.3) is 5.69 Å². The third-order valence-electron chi connectivity index (χ3n) is 2.05. The van der Waals surface area contributed by atoms with E-state index in [1.54, 1.807) is 16.4 Å². The molecule has 0 bridgehead atoms. The molecule has 0 aliphatic carbocycles. The van der Waals surface area contributed by atoms with Crippen molar-refractivity contribution in [2.24, 2.45) is 5.73 Å². The highest BCUT2D eigenvalue weighted by atomic mass is 32.2. The fraction of sp³-hybridized carbons (Fsp3) is 0.182. The van der Waals surface area contributed by atoms with E-state index >= 15 is 0 Å². The molecule has 2 aromatic rings. The van der Waals surface area contributed by atoms with Gasteiger partial charge in [0, 0.05) is 12.3 Å². The summed E-state index contributed by atoms with van der Waals surface area (Å²) in [6, 6.07) is 9.82. The summed E-state index contributed by atoms with van der Waals surface area (Å²) in [6.45, 7) is 0.560. The Morgan fingerprint density at radius 1 is 1.24 bits per heavy atom. The van der Waals surface area contributed by atoms with Crippen LogP contribution in [0.15, 0.2) is 47.6 Å². The molecule has 6 heteroatoms. The molecule has 0 saturated carbocycles. The maximum Gasteiger partial charge on any atom is 0.214 e. The molecule has 1 aromatic carbocycles. The molecule has 0 atom stereocenters. The topological polar surface area (TPSA) is 69.6 Å². The van der Waals surface area contributed by atoms with Crippen molar-refractivity contribution in [2.75, 3.05) is 12.3 Å². The summed E-state index contributed by atoms with van der Waals surface area (Å²) in [4.78, 5) is 0. The van der Waals surface area contributed by atoms with Gasteiger partial charge in [0.1, 0.15) is 0 Å². The van der Waals surface area contributed by atoms with Crippen LogP contribution in [0.4, 0.5) is 0 Å². The molecule has 0 aliphatic heterocycles. The number of rotatable bonds is 5. The average molecular weight is 247 g/mol. The molecule has 0 fully saturated rings. The predicted octanol–water partition coefficient (Wildman–Crippen LogP) is 1.27. The van der Waals surface area contributed by atoms with Gasteiger partial charge in [-0.3, -0.25) is 0 Å². The highest BCUT2D eigenvalue weighted by Crippen LogP contribution is 2.17. The summed E-state index contributed by atoms with van der Waals surface area (Å²) in [5.41, 5.74) is 6.33. The van der Waals surface area contributed by atoms with E-state index in [0.29, 0.717) is 6.54 Å². The third-order valence-corrected chi connectivity index (χ3v) is 2.92. The molecule has 1 aromatic heterocycles. The first-order chi connectivity index (χ1) is 8.42. The molecule has 17 heavy (non-hydrogen) atoms. The molecule has 2 N–H and O–H groups in total. The van der Waals surface area contributed by atoms with Crippen molar-refractivity contribution in [3.8, 4) is 5.69 Å². The maximum atomic E-state index is 5.37. The second-order valence-corrected chi connectivity index (χ2v) is 4.21. The van der Waals surface area contributed by atoms with Gasteiger partial charge in [-0.05, 0) is 22.6 Å². The first-order valence-electron chi connectivity index (χ1n) is 5.23. The molecule has 5 nitrogen and oxygen atoms in total. The number of nitrogens with two attached hydrogens (primary N) is 1. The van der Waals surface area contributed by atoms with E-state index in [4.69, 9.17) is 5.73 Å². The molecule has 0 unspecified atom stereocenters. The Balaban J connectivity index is 2.10. The summed E-state index contributed by atoms with van der Waals surface area (Å²) in [5, 5.41) is 12.4. The van der Waals surface area contributed by atoms with Gasteiger partial charge in [0.2, 0.25) is 5.16 Å². The quantitative estimate of drug-likeness (QED) is 0.636. The van der Waals surface area contributed by atoms with Crippen molar-refractivity contribution < 1.29 is 0 Å². The summed E-state index contributed by atoms with van der Waals surface area (Å²) in [7, 11) is 0. The second kappa shape index (κ2) is 6.17. The lowest BCUT2D eigenvalue weighted by Gasteiger charge is -2.01. The molecule has 0 aliphatic rings. The Hall–Kier alpha value is -1.66. The van der Waals surface area contributed by atoms with Crippen molar-refractivity contribution in [1.29, 1.82) is 0 Å². The molecule has 1 heterocycles. The maximum absolute atomic E-state index is 5.37. The molecule has 2 rings (SSSR count). The normalized spacial score (nSPS) is 11.1. The zero-order valence-electron chi connectivity index (χ0n) is 9.23. The molecule has 0 spiro atoms. The van der Waals surface area contributed by atoms with Gasteiger partial charge in [0.25, 0.3) is 0 Å². The Morgan fingerprint density at radius 2 is 2.06 bits per heavy atom. The summed E-state index contributed by atoms with van der Waals surface area (Å²) in [5.74, 6) is 0.810.